The van der Waals surface area contributed by atoms with Crippen LogP contribution >= 0.6 is 11.3 Å². The number of aryl methyl sites for hydroxylation is 1. The summed E-state index contributed by atoms with van der Waals surface area (Å²) in [6, 6.07) is 4.05. The predicted octanol–water partition coefficient (Wildman–Crippen LogP) is 2.51. The largest absolute Gasteiger partial charge is 0.403 e. The summed E-state index contributed by atoms with van der Waals surface area (Å²) in [6.07, 6.45) is 3.38. The molecular formula is C12H11N5OS. The van der Waals surface area contributed by atoms with Crippen LogP contribution in [0.1, 0.15) is 10.6 Å². The van der Waals surface area contributed by atoms with E-state index in [2.05, 4.69) is 25.5 Å². The van der Waals surface area contributed by atoms with Crippen molar-refractivity contribution in [3.8, 4) is 11.5 Å². The number of nitrogens with zero attached hydrogens (tertiary/aromatic N) is 4. The van der Waals surface area contributed by atoms with Crippen molar-refractivity contribution in [1.29, 1.82) is 0 Å². The topological polar surface area (TPSA) is 76.7 Å². The molecule has 3 aromatic heterocycles. The Morgan fingerprint density at radius 3 is 2.84 bits per heavy atom. The van der Waals surface area contributed by atoms with Crippen LogP contribution < -0.4 is 5.32 Å². The van der Waals surface area contributed by atoms with Gasteiger partial charge in [-0.3, -0.25) is 4.98 Å². The number of anilines is 1. The maximum Gasteiger partial charge on any atom is 0.316 e. The van der Waals surface area contributed by atoms with Gasteiger partial charge in [0.25, 0.3) is 0 Å². The minimum atomic E-state index is 0.402. The molecule has 0 saturated heterocycles. The van der Waals surface area contributed by atoms with Gasteiger partial charge in [-0.15, -0.1) is 16.4 Å². The third-order valence-corrected chi connectivity index (χ3v) is 3.53. The molecule has 7 heteroatoms. The maximum atomic E-state index is 5.53. The van der Waals surface area contributed by atoms with Crippen LogP contribution in [0, 0.1) is 6.92 Å². The number of rotatable bonds is 4. The van der Waals surface area contributed by atoms with E-state index in [0.717, 1.165) is 16.1 Å². The number of thiazole rings is 1. The van der Waals surface area contributed by atoms with Crippen LogP contribution in [-0.4, -0.2) is 20.2 Å². The zero-order valence-corrected chi connectivity index (χ0v) is 11.0. The minimum Gasteiger partial charge on any atom is -0.403 e. The Morgan fingerprint density at radius 1 is 1.26 bits per heavy atom. The van der Waals surface area contributed by atoms with Gasteiger partial charge in [0, 0.05) is 22.8 Å². The van der Waals surface area contributed by atoms with Crippen LogP contribution in [-0.2, 0) is 6.54 Å². The van der Waals surface area contributed by atoms with E-state index in [1.807, 2.05) is 24.6 Å². The highest BCUT2D eigenvalue weighted by Gasteiger charge is 2.08. The summed E-state index contributed by atoms with van der Waals surface area (Å²) in [5.41, 5.74) is 3.69. The Morgan fingerprint density at radius 2 is 2.11 bits per heavy atom. The van der Waals surface area contributed by atoms with Gasteiger partial charge < -0.3 is 9.73 Å². The van der Waals surface area contributed by atoms with E-state index in [9.17, 15) is 0 Å². The number of aromatic nitrogens is 4. The number of pyridine rings is 1. The molecule has 0 aliphatic rings. The molecule has 3 aromatic rings. The van der Waals surface area contributed by atoms with Gasteiger partial charge in [-0.1, -0.05) is 5.10 Å². The van der Waals surface area contributed by atoms with Crippen molar-refractivity contribution in [3.05, 3.63) is 40.6 Å². The van der Waals surface area contributed by atoms with Crippen LogP contribution in [0.15, 0.2) is 34.5 Å². The predicted molar refractivity (Wildman–Crippen MR) is 71.7 cm³/mol. The normalized spacial score (nSPS) is 10.6. The second kappa shape index (κ2) is 5.15. The Kier molecular flexibility index (Phi) is 3.20. The van der Waals surface area contributed by atoms with E-state index in [1.165, 1.54) is 0 Å². The van der Waals surface area contributed by atoms with Crippen molar-refractivity contribution in [2.75, 3.05) is 5.32 Å². The lowest BCUT2D eigenvalue weighted by Crippen LogP contribution is -1.99. The number of hydrogen-bond donors (Lipinski definition) is 1. The standard InChI is InChI=1S/C12H11N5OS/c1-8-10(19-7-15-8)6-14-12-17-16-11(18-12)9-2-4-13-5-3-9/h2-5,7H,6H2,1H3,(H,14,17). The summed E-state index contributed by atoms with van der Waals surface area (Å²) >= 11 is 1.60. The lowest BCUT2D eigenvalue weighted by molar-refractivity contribution is 0.581. The Bertz CT molecular complexity index is 664. The van der Waals surface area contributed by atoms with E-state index in [1.54, 1.807) is 23.7 Å². The molecule has 0 aliphatic carbocycles. The third-order valence-electron chi connectivity index (χ3n) is 2.60. The minimum absolute atomic E-state index is 0.402. The second-order valence-corrected chi connectivity index (χ2v) is 4.80. The summed E-state index contributed by atoms with van der Waals surface area (Å²) < 4.78 is 5.53. The molecule has 0 unspecified atom stereocenters. The quantitative estimate of drug-likeness (QED) is 0.787. The van der Waals surface area contributed by atoms with Gasteiger partial charge in [-0.05, 0) is 19.1 Å². The molecule has 0 aliphatic heterocycles. The first-order valence-corrected chi connectivity index (χ1v) is 6.57. The Hall–Kier alpha value is -2.28. The number of hydrogen-bond acceptors (Lipinski definition) is 7. The van der Waals surface area contributed by atoms with E-state index in [0.29, 0.717) is 18.5 Å². The highest BCUT2D eigenvalue weighted by molar-refractivity contribution is 7.09. The highest BCUT2D eigenvalue weighted by atomic mass is 32.1. The molecule has 0 aromatic carbocycles. The molecule has 3 heterocycles. The fraction of sp³-hybridized carbons (Fsp3) is 0.167. The molecule has 0 spiro atoms. The molecule has 6 nitrogen and oxygen atoms in total. The maximum absolute atomic E-state index is 5.53. The van der Waals surface area contributed by atoms with Crippen LogP contribution in [0.25, 0.3) is 11.5 Å². The molecule has 0 bridgehead atoms. The zero-order valence-electron chi connectivity index (χ0n) is 10.2. The van der Waals surface area contributed by atoms with E-state index in [4.69, 9.17) is 4.42 Å². The Balaban J connectivity index is 1.70. The SMILES string of the molecule is Cc1ncsc1CNc1nnc(-c2ccncc2)o1. The molecule has 19 heavy (non-hydrogen) atoms. The number of nitrogens with one attached hydrogen (secondary N) is 1. The summed E-state index contributed by atoms with van der Waals surface area (Å²) in [5.74, 6) is 0.478. The fourth-order valence-electron chi connectivity index (χ4n) is 1.56. The third kappa shape index (κ3) is 2.60. The van der Waals surface area contributed by atoms with Crippen molar-refractivity contribution in [1.82, 2.24) is 20.2 Å². The summed E-state index contributed by atoms with van der Waals surface area (Å²) in [6.45, 7) is 2.61. The molecule has 1 N–H and O–H groups in total. The molecule has 96 valence electrons. The molecule has 0 radical (unpaired) electrons. The molecule has 0 atom stereocenters. The van der Waals surface area contributed by atoms with Crippen LogP contribution in [0.5, 0.6) is 0 Å². The zero-order chi connectivity index (χ0) is 13.1. The van der Waals surface area contributed by atoms with Crippen LogP contribution in [0.2, 0.25) is 0 Å². The van der Waals surface area contributed by atoms with E-state index < -0.39 is 0 Å². The molecule has 3 rings (SSSR count). The van der Waals surface area contributed by atoms with Crippen molar-refractivity contribution >= 4 is 17.4 Å². The van der Waals surface area contributed by atoms with Gasteiger partial charge in [-0.25, -0.2) is 4.98 Å². The van der Waals surface area contributed by atoms with Gasteiger partial charge in [0.1, 0.15) is 0 Å². The molecule has 0 amide bonds. The van der Waals surface area contributed by atoms with Gasteiger partial charge in [-0.2, -0.15) is 0 Å². The smallest absolute Gasteiger partial charge is 0.316 e. The monoisotopic (exact) mass is 273 g/mol. The van der Waals surface area contributed by atoms with E-state index >= 15 is 0 Å². The first-order chi connectivity index (χ1) is 9.33. The molecule has 0 fully saturated rings. The van der Waals surface area contributed by atoms with Gasteiger partial charge in [0.15, 0.2) is 0 Å². The van der Waals surface area contributed by atoms with Crippen molar-refractivity contribution < 1.29 is 4.42 Å². The van der Waals surface area contributed by atoms with Crippen molar-refractivity contribution in [2.45, 2.75) is 13.5 Å². The van der Waals surface area contributed by atoms with Crippen LogP contribution in [0.3, 0.4) is 0 Å². The first kappa shape index (κ1) is 11.8. The molecule has 0 saturated carbocycles. The average Bonchev–Trinajstić information content (AvgIpc) is 3.06. The average molecular weight is 273 g/mol. The van der Waals surface area contributed by atoms with Gasteiger partial charge in [0.05, 0.1) is 17.7 Å². The summed E-state index contributed by atoms with van der Waals surface area (Å²) in [4.78, 5) is 9.29. The lowest BCUT2D eigenvalue weighted by Gasteiger charge is -1.98. The van der Waals surface area contributed by atoms with Gasteiger partial charge in [0.2, 0.25) is 5.89 Å². The second-order valence-electron chi connectivity index (χ2n) is 3.86. The molecular weight excluding hydrogens is 262 g/mol. The Labute approximate surface area is 113 Å². The highest BCUT2D eigenvalue weighted by Crippen LogP contribution is 2.20. The van der Waals surface area contributed by atoms with Crippen molar-refractivity contribution in [2.24, 2.45) is 0 Å². The summed E-state index contributed by atoms with van der Waals surface area (Å²) in [7, 11) is 0. The van der Waals surface area contributed by atoms with Crippen LogP contribution in [0.4, 0.5) is 6.01 Å². The fourth-order valence-corrected chi connectivity index (χ4v) is 2.27. The lowest BCUT2D eigenvalue weighted by atomic mass is 10.3. The van der Waals surface area contributed by atoms with Gasteiger partial charge >= 0.3 is 6.01 Å². The van der Waals surface area contributed by atoms with Crippen molar-refractivity contribution in [3.63, 3.8) is 0 Å². The summed E-state index contributed by atoms with van der Waals surface area (Å²) in [5, 5.41) is 11.0. The first-order valence-electron chi connectivity index (χ1n) is 5.69. The van der Waals surface area contributed by atoms with E-state index in [-0.39, 0.29) is 0 Å².